The van der Waals surface area contributed by atoms with Crippen LogP contribution < -0.4 is 5.90 Å². The van der Waals surface area contributed by atoms with Gasteiger partial charge in [-0.1, -0.05) is 12.1 Å². The lowest BCUT2D eigenvalue weighted by Crippen LogP contribution is -2.53. The van der Waals surface area contributed by atoms with Gasteiger partial charge in [-0.05, 0) is 38.5 Å². The van der Waals surface area contributed by atoms with Crippen molar-refractivity contribution in [2.24, 2.45) is 5.90 Å². The van der Waals surface area contributed by atoms with Crippen LogP contribution in [0.15, 0.2) is 24.3 Å². The smallest absolute Gasteiger partial charge is 0.342 e. The minimum atomic E-state index is -0.766. The Bertz CT molecular complexity index is 637. The average molecular weight is 381 g/mol. The molecule has 2 N–H and O–H groups in total. The van der Waals surface area contributed by atoms with Gasteiger partial charge in [-0.2, -0.15) is 5.90 Å². The third kappa shape index (κ3) is 6.89. The van der Waals surface area contributed by atoms with Crippen LogP contribution in [-0.2, 0) is 25.7 Å². The van der Waals surface area contributed by atoms with E-state index in [2.05, 4.69) is 9.74 Å². The molecule has 27 heavy (non-hydrogen) atoms. The molecule has 1 heterocycles. The molecule has 1 fully saturated rings. The summed E-state index contributed by atoms with van der Waals surface area (Å²) in [5, 5.41) is 0. The Kier molecular flexibility index (Phi) is 7.29. The molecule has 1 aliphatic heterocycles. The van der Waals surface area contributed by atoms with Crippen LogP contribution in [0.4, 0.5) is 4.39 Å². The van der Waals surface area contributed by atoms with Crippen LogP contribution in [0.3, 0.4) is 0 Å². The van der Waals surface area contributed by atoms with Crippen LogP contribution in [-0.4, -0.2) is 59.6 Å². The van der Waals surface area contributed by atoms with Crippen LogP contribution in [0.25, 0.3) is 0 Å². The highest BCUT2D eigenvalue weighted by molar-refractivity contribution is 5.82. The molecule has 2 rings (SSSR count). The third-order valence-corrected chi connectivity index (χ3v) is 4.34. The Balaban J connectivity index is 1.91. The first-order chi connectivity index (χ1) is 12.7. The summed E-state index contributed by atoms with van der Waals surface area (Å²) in [6.07, 6.45) is -0.106. The number of carbonyl (C=O) groups is 2. The van der Waals surface area contributed by atoms with Gasteiger partial charge in [0.15, 0.2) is 0 Å². The predicted octanol–water partition coefficient (Wildman–Crippen LogP) is 1.46. The largest absolute Gasteiger partial charge is 0.460 e. The summed E-state index contributed by atoms with van der Waals surface area (Å²) in [4.78, 5) is 32.7. The monoisotopic (exact) mass is 381 g/mol. The number of esters is 1. The Morgan fingerprint density at radius 1 is 1.15 bits per heavy atom. The Morgan fingerprint density at radius 2 is 1.74 bits per heavy atom. The highest BCUT2D eigenvalue weighted by Gasteiger charge is 2.33. The van der Waals surface area contributed by atoms with E-state index in [-0.39, 0.29) is 12.2 Å². The van der Waals surface area contributed by atoms with Crippen LogP contribution in [0.5, 0.6) is 0 Å². The summed E-state index contributed by atoms with van der Waals surface area (Å²) < 4.78 is 18.3. The highest BCUT2D eigenvalue weighted by atomic mass is 19.1. The summed E-state index contributed by atoms with van der Waals surface area (Å²) >= 11 is 0. The van der Waals surface area contributed by atoms with E-state index in [0.717, 1.165) is 5.56 Å². The van der Waals surface area contributed by atoms with Crippen LogP contribution in [0.1, 0.15) is 32.8 Å². The molecule has 0 saturated carbocycles. The maximum atomic E-state index is 13.0. The molecule has 7 nitrogen and oxygen atoms in total. The zero-order chi connectivity index (χ0) is 20.0. The van der Waals surface area contributed by atoms with Crippen molar-refractivity contribution >= 4 is 11.9 Å². The van der Waals surface area contributed by atoms with Gasteiger partial charge in [-0.15, -0.1) is 0 Å². The average Bonchev–Trinajstić information content (AvgIpc) is 2.60. The molecule has 1 aromatic carbocycles. The Hall–Kier alpha value is -2.03. The Morgan fingerprint density at radius 3 is 2.26 bits per heavy atom. The van der Waals surface area contributed by atoms with Gasteiger partial charge in [0.2, 0.25) is 0 Å². The van der Waals surface area contributed by atoms with Gasteiger partial charge in [-0.3, -0.25) is 14.6 Å². The van der Waals surface area contributed by atoms with E-state index in [1.165, 1.54) is 12.1 Å². The first-order valence-electron chi connectivity index (χ1n) is 9.01. The summed E-state index contributed by atoms with van der Waals surface area (Å²) in [5.74, 6) is 3.69. The zero-order valence-electron chi connectivity index (χ0n) is 16.1. The van der Waals surface area contributed by atoms with Crippen LogP contribution in [0, 0.1) is 5.82 Å². The van der Waals surface area contributed by atoms with Crippen molar-refractivity contribution in [2.45, 2.75) is 45.4 Å². The van der Waals surface area contributed by atoms with Gasteiger partial charge in [0.25, 0.3) is 0 Å². The third-order valence-electron chi connectivity index (χ3n) is 4.34. The minimum Gasteiger partial charge on any atom is -0.460 e. The second-order valence-electron chi connectivity index (χ2n) is 7.68. The number of rotatable bonds is 6. The summed E-state index contributed by atoms with van der Waals surface area (Å²) in [5.41, 5.74) is 0.402. The molecule has 0 amide bonds. The lowest BCUT2D eigenvalue weighted by Gasteiger charge is -2.38. The van der Waals surface area contributed by atoms with E-state index < -0.39 is 23.6 Å². The van der Waals surface area contributed by atoms with Crippen molar-refractivity contribution in [3.8, 4) is 0 Å². The molecule has 150 valence electrons. The van der Waals surface area contributed by atoms with Crippen molar-refractivity contribution < 1.29 is 23.6 Å². The first kappa shape index (κ1) is 21.3. The molecule has 1 aromatic rings. The van der Waals surface area contributed by atoms with Crippen LogP contribution >= 0.6 is 0 Å². The van der Waals surface area contributed by atoms with Gasteiger partial charge in [0.05, 0.1) is 6.42 Å². The number of halogens is 1. The number of piperazine rings is 1. The van der Waals surface area contributed by atoms with Crippen molar-refractivity contribution in [3.63, 3.8) is 0 Å². The lowest BCUT2D eigenvalue weighted by atomic mass is 10.1. The molecule has 0 aromatic heterocycles. The standard InChI is InChI=1S/C19H28FN3O4/c1-19(2,3)26-17(24)12-16(18(25)27-21)23-10-8-22(9-11-23)13-14-4-6-15(20)7-5-14/h4-7,16H,8-13,21H2,1-3H3. The van der Waals surface area contributed by atoms with E-state index in [0.29, 0.717) is 32.7 Å². The van der Waals surface area contributed by atoms with Crippen molar-refractivity contribution in [1.29, 1.82) is 0 Å². The molecule has 1 aliphatic rings. The molecule has 1 saturated heterocycles. The fraction of sp³-hybridized carbons (Fsp3) is 0.579. The summed E-state index contributed by atoms with van der Waals surface area (Å²) in [6.45, 7) is 8.61. The highest BCUT2D eigenvalue weighted by Crippen LogP contribution is 2.16. The van der Waals surface area contributed by atoms with E-state index in [9.17, 15) is 14.0 Å². The van der Waals surface area contributed by atoms with E-state index in [4.69, 9.17) is 10.6 Å². The number of hydrogen-bond donors (Lipinski definition) is 1. The lowest BCUT2D eigenvalue weighted by molar-refractivity contribution is -0.163. The fourth-order valence-electron chi connectivity index (χ4n) is 3.06. The molecule has 1 unspecified atom stereocenters. The number of nitrogens with zero attached hydrogens (tertiary/aromatic N) is 2. The number of carbonyl (C=O) groups excluding carboxylic acids is 2. The first-order valence-corrected chi connectivity index (χ1v) is 9.01. The minimum absolute atomic E-state index is 0.106. The quantitative estimate of drug-likeness (QED) is 0.590. The van der Waals surface area contributed by atoms with Gasteiger partial charge >= 0.3 is 11.9 Å². The molecule has 0 bridgehead atoms. The van der Waals surface area contributed by atoms with Crippen molar-refractivity contribution in [2.75, 3.05) is 26.2 Å². The molecule has 0 aliphatic carbocycles. The van der Waals surface area contributed by atoms with Gasteiger partial charge in [0, 0.05) is 32.7 Å². The maximum absolute atomic E-state index is 13.0. The normalized spacial score (nSPS) is 17.4. The summed E-state index contributed by atoms with van der Waals surface area (Å²) in [6, 6.07) is 5.65. The van der Waals surface area contributed by atoms with Crippen molar-refractivity contribution in [3.05, 3.63) is 35.6 Å². The molecular formula is C19H28FN3O4. The van der Waals surface area contributed by atoms with Crippen LogP contribution in [0.2, 0.25) is 0 Å². The van der Waals surface area contributed by atoms with E-state index in [1.54, 1.807) is 32.9 Å². The molecule has 1 atom stereocenters. The second-order valence-corrected chi connectivity index (χ2v) is 7.68. The van der Waals surface area contributed by atoms with Gasteiger partial charge in [0.1, 0.15) is 17.5 Å². The molecule has 8 heteroatoms. The number of hydrogen-bond acceptors (Lipinski definition) is 7. The van der Waals surface area contributed by atoms with Gasteiger partial charge in [-0.25, -0.2) is 9.18 Å². The predicted molar refractivity (Wildman–Crippen MR) is 97.8 cm³/mol. The Labute approximate surface area is 159 Å². The van der Waals surface area contributed by atoms with Gasteiger partial charge < -0.3 is 9.57 Å². The summed E-state index contributed by atoms with van der Waals surface area (Å²) in [7, 11) is 0. The number of ether oxygens (including phenoxy) is 1. The fourth-order valence-corrected chi connectivity index (χ4v) is 3.06. The van der Waals surface area contributed by atoms with E-state index >= 15 is 0 Å². The zero-order valence-corrected chi connectivity index (χ0v) is 16.1. The number of nitrogens with two attached hydrogens (primary N) is 1. The SMILES string of the molecule is CC(C)(C)OC(=O)CC(C(=O)ON)N1CCN(Cc2ccc(F)cc2)CC1. The van der Waals surface area contributed by atoms with Crippen molar-refractivity contribution in [1.82, 2.24) is 9.80 Å². The topological polar surface area (TPSA) is 85.1 Å². The molecule has 0 radical (unpaired) electrons. The number of benzene rings is 1. The molecular weight excluding hydrogens is 353 g/mol. The second kappa shape index (κ2) is 9.25. The maximum Gasteiger partial charge on any atom is 0.342 e. The van der Waals surface area contributed by atoms with E-state index in [1.807, 2.05) is 4.90 Å². The molecule has 0 spiro atoms.